The van der Waals surface area contributed by atoms with Gasteiger partial charge >= 0.3 is 0 Å². The fourth-order valence-corrected chi connectivity index (χ4v) is 1.69. The first-order chi connectivity index (χ1) is 5.19. The summed E-state index contributed by atoms with van der Waals surface area (Å²) in [5.41, 5.74) is -1.01. The van der Waals surface area contributed by atoms with Crippen LogP contribution in [-0.4, -0.2) is 33.6 Å². The van der Waals surface area contributed by atoms with Crippen molar-refractivity contribution >= 4 is 0 Å². The van der Waals surface area contributed by atoms with E-state index in [0.717, 1.165) is 12.8 Å². The highest BCUT2D eigenvalue weighted by Crippen LogP contribution is 2.30. The maximum atomic E-state index is 9.73. The fourth-order valence-electron chi connectivity index (χ4n) is 1.69. The summed E-state index contributed by atoms with van der Waals surface area (Å²) < 4.78 is 0. The van der Waals surface area contributed by atoms with Gasteiger partial charge in [0.2, 0.25) is 0 Å². The fraction of sp³-hybridized carbons (Fsp3) is 1.00. The first-order valence-electron chi connectivity index (χ1n) is 4.20. The van der Waals surface area contributed by atoms with Gasteiger partial charge in [-0.3, -0.25) is 0 Å². The second-order valence-electron chi connectivity index (χ2n) is 3.34. The van der Waals surface area contributed by atoms with Gasteiger partial charge in [-0.1, -0.05) is 12.8 Å². The molecule has 0 bridgehead atoms. The number of hydrogen-bond donors (Lipinski definition) is 3. The molecule has 0 spiro atoms. The first kappa shape index (κ1) is 8.97. The molecular formula is C8H16O3. The van der Waals surface area contributed by atoms with Gasteiger partial charge in [-0.15, -0.1) is 0 Å². The van der Waals surface area contributed by atoms with Crippen molar-refractivity contribution < 1.29 is 15.3 Å². The molecule has 1 aliphatic rings. The van der Waals surface area contributed by atoms with E-state index < -0.39 is 11.7 Å². The molecule has 3 N–H and O–H groups in total. The Morgan fingerprint density at radius 1 is 1.36 bits per heavy atom. The van der Waals surface area contributed by atoms with Gasteiger partial charge < -0.3 is 15.3 Å². The van der Waals surface area contributed by atoms with Crippen molar-refractivity contribution in [3.63, 3.8) is 0 Å². The van der Waals surface area contributed by atoms with E-state index in [-0.39, 0.29) is 6.61 Å². The molecule has 0 aromatic heterocycles. The van der Waals surface area contributed by atoms with E-state index in [1.54, 1.807) is 0 Å². The topological polar surface area (TPSA) is 60.7 Å². The van der Waals surface area contributed by atoms with Crippen molar-refractivity contribution in [2.45, 2.75) is 43.8 Å². The molecule has 2 atom stereocenters. The molecule has 66 valence electrons. The predicted molar refractivity (Wildman–Crippen MR) is 41.1 cm³/mol. The van der Waals surface area contributed by atoms with Crippen LogP contribution in [0.4, 0.5) is 0 Å². The van der Waals surface area contributed by atoms with E-state index in [0.29, 0.717) is 19.3 Å². The van der Waals surface area contributed by atoms with Crippen molar-refractivity contribution in [1.29, 1.82) is 0 Å². The van der Waals surface area contributed by atoms with Crippen molar-refractivity contribution in [2.75, 3.05) is 6.61 Å². The van der Waals surface area contributed by atoms with Crippen LogP contribution in [0.15, 0.2) is 0 Å². The molecule has 0 aromatic carbocycles. The maximum absolute atomic E-state index is 9.73. The Labute approximate surface area is 66.7 Å². The molecule has 0 aromatic rings. The quantitative estimate of drug-likeness (QED) is 0.534. The van der Waals surface area contributed by atoms with Crippen molar-refractivity contribution in [3.8, 4) is 0 Å². The largest absolute Gasteiger partial charge is 0.396 e. The van der Waals surface area contributed by atoms with E-state index in [4.69, 9.17) is 5.11 Å². The monoisotopic (exact) mass is 160 g/mol. The predicted octanol–water partition coefficient (Wildman–Crippen LogP) is 0.0348. The minimum Gasteiger partial charge on any atom is -0.396 e. The molecule has 1 rings (SSSR count). The Morgan fingerprint density at radius 2 is 2.09 bits per heavy atom. The summed E-state index contributed by atoms with van der Waals surface area (Å²) in [6, 6.07) is 0. The van der Waals surface area contributed by atoms with Gasteiger partial charge in [0.05, 0.1) is 11.7 Å². The van der Waals surface area contributed by atoms with Gasteiger partial charge in [0.15, 0.2) is 0 Å². The molecule has 0 radical (unpaired) electrons. The third-order valence-electron chi connectivity index (χ3n) is 2.50. The lowest BCUT2D eigenvalue weighted by atomic mass is 9.80. The molecule has 0 amide bonds. The number of aliphatic hydroxyl groups excluding tert-OH is 2. The van der Waals surface area contributed by atoms with Crippen LogP contribution in [0.25, 0.3) is 0 Å². The summed E-state index contributed by atoms with van der Waals surface area (Å²) in [7, 11) is 0. The molecule has 3 nitrogen and oxygen atoms in total. The zero-order chi connectivity index (χ0) is 8.32. The second-order valence-corrected chi connectivity index (χ2v) is 3.34. The van der Waals surface area contributed by atoms with E-state index in [9.17, 15) is 10.2 Å². The summed E-state index contributed by atoms with van der Waals surface area (Å²) in [5, 5.41) is 27.8. The Hall–Kier alpha value is -0.120. The third-order valence-corrected chi connectivity index (χ3v) is 2.50. The van der Waals surface area contributed by atoms with Crippen LogP contribution in [0.5, 0.6) is 0 Å². The van der Waals surface area contributed by atoms with Gasteiger partial charge in [-0.25, -0.2) is 0 Å². The standard InChI is InChI=1S/C8H16O3/c9-6-5-8(11)4-2-1-3-7(8)10/h7,9-11H,1-6H2/t7-,8+/m0/s1. The van der Waals surface area contributed by atoms with E-state index in [1.807, 2.05) is 0 Å². The Bertz CT molecular complexity index is 123. The van der Waals surface area contributed by atoms with Crippen LogP contribution in [0.1, 0.15) is 32.1 Å². The van der Waals surface area contributed by atoms with Crippen molar-refractivity contribution in [1.82, 2.24) is 0 Å². The second kappa shape index (κ2) is 3.52. The van der Waals surface area contributed by atoms with Crippen LogP contribution >= 0.6 is 0 Å². The lowest BCUT2D eigenvalue weighted by Gasteiger charge is -2.36. The van der Waals surface area contributed by atoms with Crippen molar-refractivity contribution in [3.05, 3.63) is 0 Å². The molecule has 0 heterocycles. The van der Waals surface area contributed by atoms with Gasteiger partial charge in [0.25, 0.3) is 0 Å². The minimum absolute atomic E-state index is 0.0481. The molecule has 11 heavy (non-hydrogen) atoms. The summed E-state index contributed by atoms with van der Waals surface area (Å²) >= 11 is 0. The molecule has 1 fully saturated rings. The van der Waals surface area contributed by atoms with E-state index in [1.165, 1.54) is 0 Å². The molecule has 1 saturated carbocycles. The molecular weight excluding hydrogens is 144 g/mol. The zero-order valence-electron chi connectivity index (χ0n) is 6.66. The number of aliphatic hydroxyl groups is 3. The summed E-state index contributed by atoms with van der Waals surface area (Å²) in [6.45, 7) is -0.0481. The van der Waals surface area contributed by atoms with Crippen molar-refractivity contribution in [2.24, 2.45) is 0 Å². The lowest BCUT2D eigenvalue weighted by molar-refractivity contribution is -0.110. The highest BCUT2D eigenvalue weighted by molar-refractivity contribution is 4.89. The summed E-state index contributed by atoms with van der Waals surface area (Å²) in [6.07, 6.45) is 2.88. The van der Waals surface area contributed by atoms with E-state index in [2.05, 4.69) is 0 Å². The normalized spacial score (nSPS) is 39.0. The molecule has 0 saturated heterocycles. The van der Waals surface area contributed by atoms with Crippen LogP contribution in [0.3, 0.4) is 0 Å². The smallest absolute Gasteiger partial charge is 0.0927 e. The first-order valence-corrected chi connectivity index (χ1v) is 4.20. The summed E-state index contributed by atoms with van der Waals surface area (Å²) in [4.78, 5) is 0. The van der Waals surface area contributed by atoms with Crippen LogP contribution in [0.2, 0.25) is 0 Å². The molecule has 0 unspecified atom stereocenters. The van der Waals surface area contributed by atoms with E-state index >= 15 is 0 Å². The summed E-state index contributed by atoms with van der Waals surface area (Å²) in [5.74, 6) is 0. The number of hydrogen-bond acceptors (Lipinski definition) is 3. The van der Waals surface area contributed by atoms with Gasteiger partial charge in [0.1, 0.15) is 0 Å². The molecule has 3 heteroatoms. The highest BCUT2D eigenvalue weighted by Gasteiger charge is 2.36. The lowest BCUT2D eigenvalue weighted by Crippen LogP contribution is -2.45. The molecule has 0 aliphatic heterocycles. The average Bonchev–Trinajstić information content (AvgIpc) is 1.96. The average molecular weight is 160 g/mol. The number of rotatable bonds is 2. The van der Waals surface area contributed by atoms with Gasteiger partial charge in [0, 0.05) is 13.0 Å². The van der Waals surface area contributed by atoms with Crippen LogP contribution in [0, 0.1) is 0 Å². The maximum Gasteiger partial charge on any atom is 0.0927 e. The SMILES string of the molecule is OCC[C@]1(O)CCCC[C@@H]1O. The van der Waals surface area contributed by atoms with Gasteiger partial charge in [-0.2, -0.15) is 0 Å². The third kappa shape index (κ3) is 1.92. The van der Waals surface area contributed by atoms with Crippen LogP contribution < -0.4 is 0 Å². The molecule has 1 aliphatic carbocycles. The Balaban J connectivity index is 2.49. The zero-order valence-corrected chi connectivity index (χ0v) is 6.66. The minimum atomic E-state index is -1.01. The highest BCUT2D eigenvalue weighted by atomic mass is 16.3. The Morgan fingerprint density at radius 3 is 2.64 bits per heavy atom. The van der Waals surface area contributed by atoms with Gasteiger partial charge in [-0.05, 0) is 12.8 Å². The van der Waals surface area contributed by atoms with Crippen LogP contribution in [-0.2, 0) is 0 Å². The Kier molecular flexibility index (Phi) is 2.87.